The number of aliphatic hydroxyl groups is 3. The molecule has 4 aliphatic rings. The first-order chi connectivity index (χ1) is 17.6. The molecule has 0 bridgehead atoms. The van der Waals surface area contributed by atoms with Crippen molar-refractivity contribution in [3.8, 4) is 0 Å². The molecule has 3 saturated carbocycles. The average molecular weight is 513 g/mol. The number of rotatable bonds is 8. The second-order valence-corrected chi connectivity index (χ2v) is 12.5. The van der Waals surface area contributed by atoms with Crippen LogP contribution in [-0.2, 0) is 9.53 Å². The molecule has 4 fully saturated rings. The highest BCUT2D eigenvalue weighted by Crippen LogP contribution is 2.60. The summed E-state index contributed by atoms with van der Waals surface area (Å²) in [6.45, 7) is 15.1. The Balaban J connectivity index is 1.46. The smallest absolute Gasteiger partial charge is 0.334 e. The second-order valence-electron chi connectivity index (χ2n) is 12.5. The number of fused-ring (bicyclic) bond motifs is 1. The summed E-state index contributed by atoms with van der Waals surface area (Å²) in [7, 11) is 0. The van der Waals surface area contributed by atoms with Crippen LogP contribution in [0.1, 0.15) is 85.0 Å². The van der Waals surface area contributed by atoms with E-state index in [-0.39, 0.29) is 35.9 Å². The third kappa shape index (κ3) is 5.42. The lowest BCUT2D eigenvalue weighted by molar-refractivity contribution is -0.140. The van der Waals surface area contributed by atoms with E-state index >= 15 is 0 Å². The third-order valence-corrected chi connectivity index (χ3v) is 10.5. The number of carbonyl (C=O) groups is 1. The highest BCUT2D eigenvalue weighted by Gasteiger charge is 2.51. The molecule has 37 heavy (non-hydrogen) atoms. The fraction of sp³-hybridized carbons (Fsp3) is 0.719. The fourth-order valence-electron chi connectivity index (χ4n) is 8.36. The molecule has 3 N–H and O–H groups in total. The van der Waals surface area contributed by atoms with Gasteiger partial charge in [0.25, 0.3) is 0 Å². The molecule has 5 heteroatoms. The van der Waals surface area contributed by atoms with Crippen molar-refractivity contribution in [1.82, 2.24) is 0 Å². The minimum Gasteiger partial charge on any atom is -0.458 e. The summed E-state index contributed by atoms with van der Waals surface area (Å²) in [6.07, 6.45) is 12.3. The first-order valence-corrected chi connectivity index (χ1v) is 14.6. The molecule has 0 amide bonds. The molecule has 3 aliphatic carbocycles. The number of cyclic esters (lactones) is 1. The third-order valence-electron chi connectivity index (χ3n) is 10.5. The zero-order valence-electron chi connectivity index (χ0n) is 23.1. The van der Waals surface area contributed by atoms with Crippen LogP contribution in [0.3, 0.4) is 0 Å². The van der Waals surface area contributed by atoms with Crippen molar-refractivity contribution in [2.75, 3.05) is 6.61 Å². The number of ether oxygens (including phenoxy) is 1. The van der Waals surface area contributed by atoms with Gasteiger partial charge in [-0.2, -0.15) is 0 Å². The predicted molar refractivity (Wildman–Crippen MR) is 147 cm³/mol. The van der Waals surface area contributed by atoms with Crippen LogP contribution in [0.2, 0.25) is 0 Å². The molecule has 4 rings (SSSR count). The van der Waals surface area contributed by atoms with Gasteiger partial charge in [-0.05, 0) is 98.5 Å². The number of esters is 1. The molecular weight excluding hydrogens is 464 g/mol. The number of hydrogen-bond acceptors (Lipinski definition) is 5. The van der Waals surface area contributed by atoms with E-state index in [2.05, 4.69) is 46.1 Å². The van der Waals surface area contributed by atoms with E-state index in [1.165, 1.54) is 31.3 Å². The van der Waals surface area contributed by atoms with Crippen molar-refractivity contribution in [1.29, 1.82) is 0 Å². The van der Waals surface area contributed by atoms with Gasteiger partial charge in [0.2, 0.25) is 0 Å². The van der Waals surface area contributed by atoms with Crippen LogP contribution in [0.25, 0.3) is 0 Å². The molecule has 0 unspecified atom stereocenters. The van der Waals surface area contributed by atoms with Gasteiger partial charge in [0.1, 0.15) is 6.10 Å². The Bertz CT molecular complexity index is 947. The molecule has 206 valence electrons. The lowest BCUT2D eigenvalue weighted by Gasteiger charge is -2.45. The summed E-state index contributed by atoms with van der Waals surface area (Å²) < 4.78 is 5.74. The molecule has 0 aromatic heterocycles. The molecule has 0 aromatic rings. The molecule has 1 heterocycles. The Morgan fingerprint density at radius 2 is 1.95 bits per heavy atom. The van der Waals surface area contributed by atoms with Crippen LogP contribution in [0.5, 0.6) is 0 Å². The highest BCUT2D eigenvalue weighted by molar-refractivity contribution is 5.90. The van der Waals surface area contributed by atoms with Crippen LogP contribution in [0.15, 0.2) is 47.6 Å². The van der Waals surface area contributed by atoms with E-state index in [0.717, 1.165) is 24.8 Å². The summed E-state index contributed by atoms with van der Waals surface area (Å²) in [5, 5.41) is 30.6. The topological polar surface area (TPSA) is 87.0 Å². The molecule has 0 aromatic carbocycles. The van der Waals surface area contributed by atoms with Crippen LogP contribution >= 0.6 is 0 Å². The van der Waals surface area contributed by atoms with Crippen LogP contribution in [0, 0.1) is 35.0 Å². The molecule has 0 spiro atoms. The molecule has 1 aliphatic heterocycles. The van der Waals surface area contributed by atoms with Gasteiger partial charge in [0.15, 0.2) is 0 Å². The summed E-state index contributed by atoms with van der Waals surface area (Å²) in [5.41, 5.74) is 4.02. The Kier molecular flexibility index (Phi) is 8.87. The van der Waals surface area contributed by atoms with Crippen molar-refractivity contribution in [2.45, 2.75) is 103 Å². The zero-order chi connectivity index (χ0) is 26.9. The molecule has 5 nitrogen and oxygen atoms in total. The van der Waals surface area contributed by atoms with Gasteiger partial charge in [0.05, 0.1) is 12.2 Å². The van der Waals surface area contributed by atoms with Crippen molar-refractivity contribution >= 4 is 5.97 Å². The summed E-state index contributed by atoms with van der Waals surface area (Å²) >= 11 is 0. The molecular formula is C32H48O5. The van der Waals surface area contributed by atoms with Crippen molar-refractivity contribution in [2.24, 2.45) is 35.0 Å². The predicted octanol–water partition coefficient (Wildman–Crippen LogP) is 5.66. The van der Waals surface area contributed by atoms with Gasteiger partial charge in [-0.15, -0.1) is 0 Å². The highest BCUT2D eigenvalue weighted by atomic mass is 16.6. The van der Waals surface area contributed by atoms with Crippen LogP contribution in [-0.4, -0.2) is 46.2 Å². The van der Waals surface area contributed by atoms with Gasteiger partial charge in [-0.1, -0.05) is 51.7 Å². The SMILES string of the molecule is C=C1/C(=C\C=C2/CCC[C@]3(C)[C@@H]([C@H](C)C[C@@H]4OC(=O)C(=C)[C@H]4CC)CC[C@@H]23)C[C@@H](O)[C@H](CCCO)[C@@H]1O. The zero-order valence-corrected chi connectivity index (χ0v) is 23.1. The maximum Gasteiger partial charge on any atom is 0.334 e. The van der Waals surface area contributed by atoms with E-state index in [4.69, 9.17) is 9.84 Å². The normalized spacial score (nSPS) is 41.4. The maximum atomic E-state index is 12.1. The number of allylic oxidation sites excluding steroid dienone is 3. The average Bonchev–Trinajstić information content (AvgIpc) is 3.35. The Morgan fingerprint density at radius 3 is 2.65 bits per heavy atom. The minimum absolute atomic E-state index is 0.0395. The molecule has 0 radical (unpaired) electrons. The van der Waals surface area contributed by atoms with Gasteiger partial charge in [0, 0.05) is 24.0 Å². The monoisotopic (exact) mass is 512 g/mol. The maximum absolute atomic E-state index is 12.1. The standard InChI is InChI=1S/C32H48O5/c1-6-24-21(4)31(36)37-29(24)17-19(2)26-13-14-27-22(9-7-15-32(26,27)5)11-12-23-18-28(34)25(10-8-16-33)30(35)20(23)3/h11-12,19,24-30,33-35H,3-4,6-10,13-18H2,1-2,5H3/b22-11+,23-12-/t19-,24-,25+,26-,27+,28-,29+,30-,32-/m1/s1. The van der Waals surface area contributed by atoms with Gasteiger partial charge in [-0.25, -0.2) is 4.79 Å². The summed E-state index contributed by atoms with van der Waals surface area (Å²) in [4.78, 5) is 12.1. The Hall–Kier alpha value is -1.69. The van der Waals surface area contributed by atoms with E-state index in [0.29, 0.717) is 48.2 Å². The number of carbonyl (C=O) groups excluding carboxylic acids is 1. The quantitative estimate of drug-likeness (QED) is 0.289. The molecule has 9 atom stereocenters. The van der Waals surface area contributed by atoms with E-state index < -0.39 is 12.2 Å². The lowest BCUT2D eigenvalue weighted by Crippen LogP contribution is -2.38. The van der Waals surface area contributed by atoms with Crippen molar-refractivity contribution < 1.29 is 24.9 Å². The van der Waals surface area contributed by atoms with E-state index in [1.54, 1.807) is 0 Å². The summed E-state index contributed by atoms with van der Waals surface area (Å²) in [5.74, 6) is 1.28. The van der Waals surface area contributed by atoms with Gasteiger partial charge in [-0.3, -0.25) is 0 Å². The minimum atomic E-state index is -0.763. The number of aliphatic hydroxyl groups excluding tert-OH is 3. The Labute approximate surface area is 223 Å². The van der Waals surface area contributed by atoms with E-state index in [1.807, 2.05) is 0 Å². The molecule has 1 saturated heterocycles. The first-order valence-electron chi connectivity index (χ1n) is 14.6. The Morgan fingerprint density at radius 1 is 1.19 bits per heavy atom. The van der Waals surface area contributed by atoms with Crippen LogP contribution in [0.4, 0.5) is 0 Å². The van der Waals surface area contributed by atoms with Crippen LogP contribution < -0.4 is 0 Å². The van der Waals surface area contributed by atoms with Gasteiger partial charge >= 0.3 is 5.97 Å². The fourth-order valence-corrected chi connectivity index (χ4v) is 8.36. The van der Waals surface area contributed by atoms with Crippen molar-refractivity contribution in [3.63, 3.8) is 0 Å². The lowest BCUT2D eigenvalue weighted by atomic mass is 9.60. The largest absolute Gasteiger partial charge is 0.458 e. The van der Waals surface area contributed by atoms with E-state index in [9.17, 15) is 15.0 Å². The second kappa shape index (κ2) is 11.6. The number of hydrogen-bond donors (Lipinski definition) is 3. The van der Waals surface area contributed by atoms with Gasteiger partial charge < -0.3 is 20.1 Å². The first kappa shape index (κ1) is 28.3. The summed E-state index contributed by atoms with van der Waals surface area (Å²) in [6, 6.07) is 0. The van der Waals surface area contributed by atoms with Crippen molar-refractivity contribution in [3.05, 3.63) is 47.6 Å².